The number of anilines is 1. The molecule has 8 heteroatoms. The van der Waals surface area contributed by atoms with Gasteiger partial charge < -0.3 is 14.5 Å². The van der Waals surface area contributed by atoms with Crippen LogP contribution in [0.1, 0.15) is 22.3 Å². The number of carbonyl (C=O) groups is 1. The summed E-state index contributed by atoms with van der Waals surface area (Å²) >= 11 is 0. The molecule has 0 saturated carbocycles. The first kappa shape index (κ1) is 20.7. The highest BCUT2D eigenvalue weighted by Gasteiger charge is 2.47. The minimum atomic E-state index is -4.40. The smallest absolute Gasteiger partial charge is 0.371 e. The van der Waals surface area contributed by atoms with Crippen LogP contribution >= 0.6 is 0 Å². The maximum absolute atomic E-state index is 12.8. The van der Waals surface area contributed by atoms with Gasteiger partial charge in [0.05, 0.1) is 12.2 Å². The maximum atomic E-state index is 12.8. The number of pyridine rings is 1. The molecule has 0 bridgehead atoms. The molecule has 1 aromatic carbocycles. The topological polar surface area (TPSA) is 45.7 Å². The fourth-order valence-electron chi connectivity index (χ4n) is 4.28. The monoisotopic (exact) mass is 419 g/mol. The zero-order valence-electron chi connectivity index (χ0n) is 17.0. The molecule has 2 fully saturated rings. The Hall–Kier alpha value is -2.61. The Labute approximate surface area is 173 Å². The van der Waals surface area contributed by atoms with Crippen molar-refractivity contribution in [2.24, 2.45) is 5.41 Å². The first-order valence-corrected chi connectivity index (χ1v) is 9.86. The van der Waals surface area contributed by atoms with E-state index in [9.17, 15) is 18.0 Å². The summed E-state index contributed by atoms with van der Waals surface area (Å²) in [7, 11) is 0. The lowest BCUT2D eigenvalue weighted by atomic mass is 9.79. The van der Waals surface area contributed by atoms with Gasteiger partial charge >= 0.3 is 6.18 Å². The molecule has 0 unspecified atom stereocenters. The van der Waals surface area contributed by atoms with Crippen LogP contribution in [0.25, 0.3) is 0 Å². The molecule has 0 atom stereocenters. The number of carbonyl (C=O) groups excluding carboxylic acids is 1. The molecule has 2 aromatic rings. The SMILES string of the molecule is Cc1cccc(C)c1CN1CC2(COCC1=O)CN(c1ccc(C(F)(F)F)cn1)C2. The van der Waals surface area contributed by atoms with Gasteiger partial charge in [0.1, 0.15) is 12.4 Å². The molecule has 2 aliphatic rings. The van der Waals surface area contributed by atoms with Crippen LogP contribution in [0.3, 0.4) is 0 Å². The largest absolute Gasteiger partial charge is 0.417 e. The molecule has 30 heavy (non-hydrogen) atoms. The fraction of sp³-hybridized carbons (Fsp3) is 0.455. The van der Waals surface area contributed by atoms with Crippen LogP contribution in [0.15, 0.2) is 36.5 Å². The Morgan fingerprint density at radius 3 is 2.40 bits per heavy atom. The van der Waals surface area contributed by atoms with Gasteiger partial charge in [-0.05, 0) is 42.7 Å². The first-order chi connectivity index (χ1) is 14.2. The van der Waals surface area contributed by atoms with Crippen molar-refractivity contribution in [3.63, 3.8) is 0 Å². The summed E-state index contributed by atoms with van der Waals surface area (Å²) in [6.45, 7) is 6.82. The number of nitrogens with zero attached hydrogens (tertiary/aromatic N) is 3. The Kier molecular flexibility index (Phi) is 5.22. The van der Waals surface area contributed by atoms with E-state index >= 15 is 0 Å². The summed E-state index contributed by atoms with van der Waals surface area (Å²) in [5, 5.41) is 0. The van der Waals surface area contributed by atoms with Crippen LogP contribution in [0, 0.1) is 19.3 Å². The highest BCUT2D eigenvalue weighted by Crippen LogP contribution is 2.37. The van der Waals surface area contributed by atoms with Crippen molar-refractivity contribution >= 4 is 11.7 Å². The summed E-state index contributed by atoms with van der Waals surface area (Å²) < 4.78 is 43.9. The number of rotatable bonds is 3. The van der Waals surface area contributed by atoms with Gasteiger partial charge in [-0.1, -0.05) is 18.2 Å². The number of hydrogen-bond donors (Lipinski definition) is 0. The summed E-state index contributed by atoms with van der Waals surface area (Å²) in [6, 6.07) is 8.53. The highest BCUT2D eigenvalue weighted by molar-refractivity contribution is 5.78. The summed E-state index contributed by atoms with van der Waals surface area (Å²) in [5.74, 6) is 0.464. The van der Waals surface area contributed by atoms with E-state index in [4.69, 9.17) is 4.74 Å². The van der Waals surface area contributed by atoms with Crippen LogP contribution < -0.4 is 4.90 Å². The molecule has 1 aromatic heterocycles. The lowest BCUT2D eigenvalue weighted by Crippen LogP contribution is -2.62. The zero-order chi connectivity index (χ0) is 21.5. The average molecular weight is 419 g/mol. The van der Waals surface area contributed by atoms with Gasteiger partial charge in [-0.15, -0.1) is 0 Å². The average Bonchev–Trinajstić information content (AvgIpc) is 2.82. The van der Waals surface area contributed by atoms with E-state index in [2.05, 4.69) is 4.98 Å². The number of ether oxygens (including phenoxy) is 1. The van der Waals surface area contributed by atoms with Crippen LogP contribution in [0.2, 0.25) is 0 Å². The Morgan fingerprint density at radius 1 is 1.10 bits per heavy atom. The van der Waals surface area contributed by atoms with Crippen molar-refractivity contribution in [1.82, 2.24) is 9.88 Å². The van der Waals surface area contributed by atoms with Gasteiger partial charge in [-0.2, -0.15) is 13.2 Å². The number of hydrogen-bond acceptors (Lipinski definition) is 4. The predicted molar refractivity (Wildman–Crippen MR) is 106 cm³/mol. The zero-order valence-corrected chi connectivity index (χ0v) is 17.0. The molecule has 3 heterocycles. The van der Waals surface area contributed by atoms with Gasteiger partial charge in [0.25, 0.3) is 0 Å². The molecule has 2 saturated heterocycles. The van der Waals surface area contributed by atoms with E-state index < -0.39 is 11.7 Å². The third kappa shape index (κ3) is 4.01. The Morgan fingerprint density at radius 2 is 1.80 bits per heavy atom. The molecular formula is C22H24F3N3O2. The van der Waals surface area contributed by atoms with Crippen molar-refractivity contribution in [1.29, 1.82) is 0 Å². The van der Waals surface area contributed by atoms with E-state index in [1.54, 1.807) is 0 Å². The molecule has 2 aliphatic heterocycles. The Balaban J connectivity index is 1.47. The maximum Gasteiger partial charge on any atom is 0.417 e. The van der Waals surface area contributed by atoms with Crippen molar-refractivity contribution < 1.29 is 22.7 Å². The third-order valence-electron chi connectivity index (χ3n) is 5.96. The van der Waals surface area contributed by atoms with Gasteiger partial charge in [-0.3, -0.25) is 4.79 Å². The van der Waals surface area contributed by atoms with Crippen molar-refractivity contribution in [3.8, 4) is 0 Å². The normalized spacial score (nSPS) is 19.0. The van der Waals surface area contributed by atoms with Crippen molar-refractivity contribution in [2.45, 2.75) is 26.6 Å². The quantitative estimate of drug-likeness (QED) is 0.763. The lowest BCUT2D eigenvalue weighted by Gasteiger charge is -2.51. The van der Waals surface area contributed by atoms with Crippen LogP contribution in [-0.2, 0) is 22.3 Å². The van der Waals surface area contributed by atoms with Crippen LogP contribution in [0.4, 0.5) is 19.0 Å². The molecule has 0 aliphatic carbocycles. The Bertz CT molecular complexity index is 917. The highest BCUT2D eigenvalue weighted by atomic mass is 19.4. The van der Waals surface area contributed by atoms with Crippen LogP contribution in [0.5, 0.6) is 0 Å². The number of alkyl halides is 3. The standard InChI is InChI=1S/C22H24F3N3O2/c1-15-4-3-5-16(2)18(15)9-27-11-21(14-30-10-20(27)29)12-28(13-21)19-7-6-17(8-26-19)22(23,24)25/h3-8H,9-14H2,1-2H3. The second-order valence-corrected chi connectivity index (χ2v) is 8.37. The van der Waals surface area contributed by atoms with Crippen molar-refractivity contribution in [3.05, 3.63) is 58.8 Å². The number of aromatic nitrogens is 1. The molecule has 0 radical (unpaired) electrons. The predicted octanol–water partition coefficient (Wildman–Crippen LogP) is 3.58. The first-order valence-electron chi connectivity index (χ1n) is 9.86. The third-order valence-corrected chi connectivity index (χ3v) is 5.96. The lowest BCUT2D eigenvalue weighted by molar-refractivity contribution is -0.138. The fourth-order valence-corrected chi connectivity index (χ4v) is 4.28. The second kappa shape index (κ2) is 7.58. The minimum absolute atomic E-state index is 0.0411. The number of amides is 1. The van der Waals surface area contributed by atoms with Gasteiger partial charge in [-0.25, -0.2) is 4.98 Å². The molecule has 1 spiro atoms. The van der Waals surface area contributed by atoms with E-state index in [-0.39, 0.29) is 17.9 Å². The van der Waals surface area contributed by atoms with E-state index in [0.29, 0.717) is 38.6 Å². The molecule has 5 nitrogen and oxygen atoms in total. The van der Waals surface area contributed by atoms with Gasteiger partial charge in [0.2, 0.25) is 5.91 Å². The molecule has 0 N–H and O–H groups in total. The van der Waals surface area contributed by atoms with Gasteiger partial charge in [0, 0.05) is 37.8 Å². The molecular weight excluding hydrogens is 395 g/mol. The van der Waals surface area contributed by atoms with Gasteiger partial charge in [0.15, 0.2) is 0 Å². The minimum Gasteiger partial charge on any atom is -0.371 e. The second-order valence-electron chi connectivity index (χ2n) is 8.37. The summed E-state index contributed by atoms with van der Waals surface area (Å²) in [5.41, 5.74) is 2.43. The molecule has 4 rings (SSSR count). The number of benzene rings is 1. The van der Waals surface area contributed by atoms with Crippen molar-refractivity contribution in [2.75, 3.05) is 37.7 Å². The van der Waals surface area contributed by atoms with E-state index in [1.807, 2.05) is 41.8 Å². The molecule has 1 amide bonds. The number of halogens is 3. The van der Waals surface area contributed by atoms with E-state index in [0.717, 1.165) is 29.0 Å². The summed E-state index contributed by atoms with van der Waals surface area (Å²) in [4.78, 5) is 20.4. The summed E-state index contributed by atoms with van der Waals surface area (Å²) in [6.07, 6.45) is -3.54. The van der Waals surface area contributed by atoms with E-state index in [1.165, 1.54) is 6.07 Å². The van der Waals surface area contributed by atoms with Crippen LogP contribution in [-0.4, -0.2) is 48.6 Å². The number of aryl methyl sites for hydroxylation is 2. The molecule has 160 valence electrons.